The van der Waals surface area contributed by atoms with Gasteiger partial charge in [0.2, 0.25) is 5.91 Å². The van der Waals surface area contributed by atoms with E-state index in [2.05, 4.69) is 5.32 Å². The summed E-state index contributed by atoms with van der Waals surface area (Å²) in [6, 6.07) is 4.76. The molecule has 1 aromatic carbocycles. The van der Waals surface area contributed by atoms with Crippen molar-refractivity contribution in [1.29, 1.82) is 0 Å². The summed E-state index contributed by atoms with van der Waals surface area (Å²) in [5, 5.41) is 13.0. The molecule has 1 atom stereocenters. The summed E-state index contributed by atoms with van der Waals surface area (Å²) in [5.41, 5.74) is 0. The smallest absolute Gasteiger partial charge is 0.220 e. The van der Waals surface area contributed by atoms with Crippen LogP contribution in [0.2, 0.25) is 10.0 Å². The highest BCUT2D eigenvalue weighted by molar-refractivity contribution is 6.35. The molecule has 0 saturated carbocycles. The maximum atomic E-state index is 11.8. The summed E-state index contributed by atoms with van der Waals surface area (Å²) in [4.78, 5) is 11.8. The molecule has 0 heterocycles. The number of halogens is 2. The lowest BCUT2D eigenvalue weighted by Crippen LogP contribution is -2.37. The van der Waals surface area contributed by atoms with Gasteiger partial charge in [0.05, 0.1) is 24.3 Å². The lowest BCUT2D eigenvalue weighted by Gasteiger charge is -2.14. The predicted molar refractivity (Wildman–Crippen MR) is 89.6 cm³/mol. The maximum Gasteiger partial charge on any atom is 0.220 e. The van der Waals surface area contributed by atoms with E-state index in [0.717, 1.165) is 0 Å². The molecular formula is C16H21Cl2NO3. The highest BCUT2D eigenvalue weighted by Gasteiger charge is 2.10. The topological polar surface area (TPSA) is 58.6 Å². The Labute approximate surface area is 141 Å². The van der Waals surface area contributed by atoms with Crippen molar-refractivity contribution in [2.45, 2.75) is 32.2 Å². The average Bonchev–Trinajstić information content (AvgIpc) is 2.49. The van der Waals surface area contributed by atoms with E-state index in [4.69, 9.17) is 27.9 Å². The first-order valence-electron chi connectivity index (χ1n) is 7.16. The molecule has 0 radical (unpaired) electrons. The van der Waals surface area contributed by atoms with Crippen molar-refractivity contribution in [2.24, 2.45) is 0 Å². The molecule has 0 spiro atoms. The number of hydrogen-bond acceptors (Lipinski definition) is 3. The van der Waals surface area contributed by atoms with Crippen molar-refractivity contribution in [3.63, 3.8) is 0 Å². The third kappa shape index (κ3) is 7.16. The Hall–Kier alpha value is -1.23. The number of aliphatic hydroxyl groups is 1. The van der Waals surface area contributed by atoms with Crippen molar-refractivity contribution >= 4 is 29.1 Å². The van der Waals surface area contributed by atoms with Crippen LogP contribution in [0.15, 0.2) is 30.4 Å². The van der Waals surface area contributed by atoms with Crippen LogP contribution in [-0.2, 0) is 4.79 Å². The molecule has 0 saturated heterocycles. The number of benzene rings is 1. The number of amides is 1. The second-order valence-electron chi connectivity index (χ2n) is 4.78. The molecule has 0 aliphatic carbocycles. The monoisotopic (exact) mass is 345 g/mol. The molecule has 0 aliphatic heterocycles. The van der Waals surface area contributed by atoms with Gasteiger partial charge in [0.1, 0.15) is 5.75 Å². The van der Waals surface area contributed by atoms with Crippen LogP contribution in [0.25, 0.3) is 0 Å². The Morgan fingerprint density at radius 3 is 2.86 bits per heavy atom. The van der Waals surface area contributed by atoms with Crippen molar-refractivity contribution in [1.82, 2.24) is 5.32 Å². The summed E-state index contributed by atoms with van der Waals surface area (Å²) < 4.78 is 5.51. The minimum atomic E-state index is -0.240. The van der Waals surface area contributed by atoms with Gasteiger partial charge in [-0.1, -0.05) is 35.4 Å². The van der Waals surface area contributed by atoms with Gasteiger partial charge in [-0.25, -0.2) is 0 Å². The lowest BCUT2D eigenvalue weighted by molar-refractivity contribution is -0.122. The zero-order valence-electron chi connectivity index (χ0n) is 12.5. The molecule has 1 unspecified atom stereocenters. The van der Waals surface area contributed by atoms with Gasteiger partial charge in [-0.05, 0) is 38.0 Å². The van der Waals surface area contributed by atoms with E-state index in [9.17, 15) is 9.90 Å². The number of carbonyl (C=O) groups excluding carboxylic acids is 1. The third-order valence-corrected chi connectivity index (χ3v) is 3.47. The molecule has 1 amide bonds. The van der Waals surface area contributed by atoms with Crippen LogP contribution in [0.1, 0.15) is 26.2 Å². The predicted octanol–water partition coefficient (Wildman–Crippen LogP) is 3.60. The first-order chi connectivity index (χ1) is 10.6. The highest BCUT2D eigenvalue weighted by Crippen LogP contribution is 2.27. The Morgan fingerprint density at radius 1 is 1.45 bits per heavy atom. The highest BCUT2D eigenvalue weighted by atomic mass is 35.5. The van der Waals surface area contributed by atoms with E-state index in [1.165, 1.54) is 0 Å². The van der Waals surface area contributed by atoms with Crippen LogP contribution >= 0.6 is 23.2 Å². The van der Waals surface area contributed by atoms with E-state index >= 15 is 0 Å². The summed E-state index contributed by atoms with van der Waals surface area (Å²) in [7, 11) is 0. The summed E-state index contributed by atoms with van der Waals surface area (Å²) >= 11 is 11.8. The number of aliphatic hydroxyl groups excluding tert-OH is 1. The Morgan fingerprint density at radius 2 is 2.23 bits per heavy atom. The quantitative estimate of drug-likeness (QED) is 0.531. The van der Waals surface area contributed by atoms with Gasteiger partial charge in [0.25, 0.3) is 0 Å². The Bertz CT molecular complexity index is 506. The standard InChI is InChI=1S/C16H21Cl2NO3/c1-2-3-5-13(11-20)19-16(21)6-4-9-22-15-8-7-12(17)10-14(15)18/h2-3,7-8,10,13,20H,4-6,9,11H2,1H3,(H,19,21)/b3-2+. The molecular weight excluding hydrogens is 325 g/mol. The zero-order valence-corrected chi connectivity index (χ0v) is 14.0. The summed E-state index contributed by atoms with van der Waals surface area (Å²) in [6.45, 7) is 2.20. The number of carbonyl (C=O) groups is 1. The van der Waals surface area contributed by atoms with Crippen LogP contribution in [0.5, 0.6) is 5.75 Å². The summed E-state index contributed by atoms with van der Waals surface area (Å²) in [6.07, 6.45) is 5.31. The minimum absolute atomic E-state index is 0.0764. The summed E-state index contributed by atoms with van der Waals surface area (Å²) in [5.74, 6) is 0.446. The number of allylic oxidation sites excluding steroid dienone is 1. The Kier molecular flexibility index (Phi) is 8.97. The number of hydrogen-bond donors (Lipinski definition) is 2. The van der Waals surface area contributed by atoms with Gasteiger partial charge in [0.15, 0.2) is 0 Å². The minimum Gasteiger partial charge on any atom is -0.492 e. The zero-order chi connectivity index (χ0) is 16.4. The second-order valence-corrected chi connectivity index (χ2v) is 5.62. The molecule has 0 bridgehead atoms. The molecule has 122 valence electrons. The third-order valence-electron chi connectivity index (χ3n) is 2.94. The van der Waals surface area contributed by atoms with Gasteiger partial charge < -0.3 is 15.2 Å². The van der Waals surface area contributed by atoms with E-state index in [0.29, 0.717) is 41.7 Å². The fourth-order valence-electron chi connectivity index (χ4n) is 1.79. The van der Waals surface area contributed by atoms with Crippen molar-refractivity contribution in [3.05, 3.63) is 40.4 Å². The second kappa shape index (κ2) is 10.5. The van der Waals surface area contributed by atoms with Gasteiger partial charge in [-0.3, -0.25) is 4.79 Å². The normalized spacial score (nSPS) is 12.4. The van der Waals surface area contributed by atoms with Crippen LogP contribution in [-0.4, -0.2) is 30.3 Å². The number of nitrogens with one attached hydrogen (secondary N) is 1. The molecule has 22 heavy (non-hydrogen) atoms. The Balaban J connectivity index is 2.27. The van der Waals surface area contributed by atoms with E-state index in [1.807, 2.05) is 19.1 Å². The van der Waals surface area contributed by atoms with Crippen molar-refractivity contribution in [3.8, 4) is 5.75 Å². The fourth-order valence-corrected chi connectivity index (χ4v) is 2.25. The molecule has 1 rings (SSSR count). The van der Waals surface area contributed by atoms with E-state index < -0.39 is 0 Å². The molecule has 6 heteroatoms. The van der Waals surface area contributed by atoms with Crippen LogP contribution in [0.4, 0.5) is 0 Å². The average molecular weight is 346 g/mol. The van der Waals surface area contributed by atoms with Crippen molar-refractivity contribution < 1.29 is 14.6 Å². The van der Waals surface area contributed by atoms with Crippen LogP contribution < -0.4 is 10.1 Å². The SMILES string of the molecule is C/C=C/CC(CO)NC(=O)CCCOc1ccc(Cl)cc1Cl. The number of rotatable bonds is 9. The van der Waals surface area contributed by atoms with Crippen molar-refractivity contribution in [2.75, 3.05) is 13.2 Å². The van der Waals surface area contributed by atoms with Gasteiger partial charge in [-0.2, -0.15) is 0 Å². The van der Waals surface area contributed by atoms with Gasteiger partial charge in [-0.15, -0.1) is 0 Å². The van der Waals surface area contributed by atoms with E-state index in [1.54, 1.807) is 18.2 Å². The van der Waals surface area contributed by atoms with Gasteiger partial charge in [0, 0.05) is 11.4 Å². The fraction of sp³-hybridized carbons (Fsp3) is 0.438. The molecule has 0 fully saturated rings. The molecule has 2 N–H and O–H groups in total. The molecule has 1 aromatic rings. The van der Waals surface area contributed by atoms with Crippen LogP contribution in [0.3, 0.4) is 0 Å². The first-order valence-corrected chi connectivity index (χ1v) is 7.91. The number of ether oxygens (including phenoxy) is 1. The lowest BCUT2D eigenvalue weighted by atomic mass is 10.2. The van der Waals surface area contributed by atoms with Crippen LogP contribution in [0, 0.1) is 0 Å². The maximum absolute atomic E-state index is 11.8. The largest absolute Gasteiger partial charge is 0.492 e. The molecule has 0 aliphatic rings. The first kappa shape index (κ1) is 18.8. The molecule has 0 aromatic heterocycles. The van der Waals surface area contributed by atoms with Gasteiger partial charge >= 0.3 is 0 Å². The molecule has 4 nitrogen and oxygen atoms in total. The van der Waals surface area contributed by atoms with E-state index in [-0.39, 0.29) is 18.6 Å².